The second-order valence-electron chi connectivity index (χ2n) is 2.24. The molecule has 0 aromatic heterocycles. The van der Waals surface area contributed by atoms with E-state index in [2.05, 4.69) is 18.5 Å². The Kier molecular flexibility index (Phi) is 6.30. The minimum atomic E-state index is 0.948. The lowest BCUT2D eigenvalue weighted by Crippen LogP contribution is -1.69. The van der Waals surface area contributed by atoms with Crippen molar-refractivity contribution >= 4 is 6.21 Å². The van der Waals surface area contributed by atoms with Crippen LogP contribution < -0.4 is 0 Å². The summed E-state index contributed by atoms with van der Waals surface area (Å²) in [6, 6.07) is 0. The summed E-state index contributed by atoms with van der Waals surface area (Å²) in [4.78, 5) is 3.95. The van der Waals surface area contributed by atoms with Crippen molar-refractivity contribution in [2.75, 3.05) is 0 Å². The molecule has 1 nitrogen and oxygen atoms in total. The molecular weight excluding hydrogens is 134 g/mol. The molecule has 0 aliphatic carbocycles. The zero-order valence-electron chi connectivity index (χ0n) is 7.25. The second kappa shape index (κ2) is 7.00. The SMILES string of the molecule is C=CC=C(C)CC=CN=CC. The summed E-state index contributed by atoms with van der Waals surface area (Å²) in [6.45, 7) is 7.59. The minimum Gasteiger partial charge on any atom is -0.270 e. The fourth-order valence-corrected chi connectivity index (χ4v) is 0.655. The maximum atomic E-state index is 3.95. The Morgan fingerprint density at radius 1 is 1.55 bits per heavy atom. The third kappa shape index (κ3) is 6.78. The highest BCUT2D eigenvalue weighted by atomic mass is 14.6. The molecule has 0 saturated heterocycles. The van der Waals surface area contributed by atoms with E-state index in [1.807, 2.05) is 19.1 Å². The summed E-state index contributed by atoms with van der Waals surface area (Å²) in [6.07, 6.45) is 10.3. The minimum absolute atomic E-state index is 0.948. The number of hydrogen-bond acceptors (Lipinski definition) is 1. The van der Waals surface area contributed by atoms with Crippen LogP contribution in [0.25, 0.3) is 0 Å². The van der Waals surface area contributed by atoms with Gasteiger partial charge in [-0.15, -0.1) is 0 Å². The first-order valence-electron chi connectivity index (χ1n) is 3.72. The lowest BCUT2D eigenvalue weighted by Gasteiger charge is -1.89. The van der Waals surface area contributed by atoms with E-state index in [1.54, 1.807) is 18.5 Å². The van der Waals surface area contributed by atoms with E-state index in [-0.39, 0.29) is 0 Å². The van der Waals surface area contributed by atoms with Crippen LogP contribution in [0.4, 0.5) is 0 Å². The third-order valence-corrected chi connectivity index (χ3v) is 1.18. The lowest BCUT2D eigenvalue weighted by atomic mass is 10.2. The molecule has 60 valence electrons. The van der Waals surface area contributed by atoms with E-state index in [9.17, 15) is 0 Å². The average Bonchev–Trinajstić information content (AvgIpc) is 1.99. The highest BCUT2D eigenvalue weighted by Gasteiger charge is 1.80. The van der Waals surface area contributed by atoms with Crippen LogP contribution in [-0.4, -0.2) is 6.21 Å². The molecule has 1 heteroatoms. The first-order valence-corrected chi connectivity index (χ1v) is 3.72. The Morgan fingerprint density at radius 2 is 2.27 bits per heavy atom. The Morgan fingerprint density at radius 3 is 2.82 bits per heavy atom. The smallest absolute Gasteiger partial charge is 0.0227 e. The topological polar surface area (TPSA) is 12.4 Å². The van der Waals surface area contributed by atoms with Crippen molar-refractivity contribution in [2.24, 2.45) is 4.99 Å². The van der Waals surface area contributed by atoms with Crippen molar-refractivity contribution in [1.82, 2.24) is 0 Å². The molecule has 0 heterocycles. The molecule has 0 aliphatic rings. The highest BCUT2D eigenvalue weighted by Crippen LogP contribution is 2.00. The van der Waals surface area contributed by atoms with E-state index in [0.29, 0.717) is 0 Å². The van der Waals surface area contributed by atoms with Gasteiger partial charge in [-0.3, -0.25) is 4.99 Å². The van der Waals surface area contributed by atoms with E-state index in [4.69, 9.17) is 0 Å². The van der Waals surface area contributed by atoms with Crippen LogP contribution in [0, 0.1) is 0 Å². The summed E-state index contributed by atoms with van der Waals surface area (Å²) in [5, 5.41) is 0. The van der Waals surface area contributed by atoms with E-state index < -0.39 is 0 Å². The maximum Gasteiger partial charge on any atom is 0.0227 e. The number of rotatable bonds is 4. The zero-order chi connectivity index (χ0) is 8.53. The van der Waals surface area contributed by atoms with Gasteiger partial charge in [0.15, 0.2) is 0 Å². The Balaban J connectivity index is 3.69. The van der Waals surface area contributed by atoms with Gasteiger partial charge in [-0.2, -0.15) is 0 Å². The number of allylic oxidation sites excluding steroid dienone is 4. The highest BCUT2D eigenvalue weighted by molar-refractivity contribution is 5.54. The van der Waals surface area contributed by atoms with Gasteiger partial charge in [-0.05, 0) is 20.3 Å². The van der Waals surface area contributed by atoms with Crippen LogP contribution in [0.1, 0.15) is 20.3 Å². The summed E-state index contributed by atoms with van der Waals surface area (Å²) in [5.41, 5.74) is 1.29. The molecule has 11 heavy (non-hydrogen) atoms. The van der Waals surface area contributed by atoms with Crippen molar-refractivity contribution < 1.29 is 0 Å². The first kappa shape index (κ1) is 9.89. The van der Waals surface area contributed by atoms with E-state index in [0.717, 1.165) is 6.42 Å². The monoisotopic (exact) mass is 149 g/mol. The number of nitrogens with zero attached hydrogens (tertiary/aromatic N) is 1. The van der Waals surface area contributed by atoms with Crippen molar-refractivity contribution in [3.8, 4) is 0 Å². The fraction of sp³-hybridized carbons (Fsp3) is 0.300. The normalized spacial score (nSPS) is 13.1. The van der Waals surface area contributed by atoms with Gasteiger partial charge in [0.05, 0.1) is 0 Å². The first-order chi connectivity index (χ1) is 5.31. The van der Waals surface area contributed by atoms with Crippen LogP contribution in [0.15, 0.2) is 41.6 Å². The zero-order valence-corrected chi connectivity index (χ0v) is 7.25. The number of aliphatic imine (C=N–C) groups is 1. The number of hydrogen-bond donors (Lipinski definition) is 0. The fourth-order valence-electron chi connectivity index (χ4n) is 0.655. The van der Waals surface area contributed by atoms with Crippen molar-refractivity contribution in [3.05, 3.63) is 36.6 Å². The van der Waals surface area contributed by atoms with Crippen LogP contribution >= 0.6 is 0 Å². The largest absolute Gasteiger partial charge is 0.270 e. The molecule has 0 unspecified atom stereocenters. The van der Waals surface area contributed by atoms with Gasteiger partial charge < -0.3 is 0 Å². The summed E-state index contributed by atoms with van der Waals surface area (Å²) in [5.74, 6) is 0. The molecular formula is C10H15N. The van der Waals surface area contributed by atoms with Gasteiger partial charge in [0.1, 0.15) is 0 Å². The molecule has 0 bridgehead atoms. The Hall–Kier alpha value is -1.11. The summed E-state index contributed by atoms with van der Waals surface area (Å²) < 4.78 is 0. The van der Waals surface area contributed by atoms with Gasteiger partial charge in [0.2, 0.25) is 0 Å². The molecule has 0 aromatic rings. The van der Waals surface area contributed by atoms with Gasteiger partial charge in [-0.1, -0.05) is 30.4 Å². The van der Waals surface area contributed by atoms with Crippen molar-refractivity contribution in [2.45, 2.75) is 20.3 Å². The predicted molar refractivity (Wildman–Crippen MR) is 51.9 cm³/mol. The van der Waals surface area contributed by atoms with Gasteiger partial charge in [0.25, 0.3) is 0 Å². The lowest BCUT2D eigenvalue weighted by molar-refractivity contribution is 1.20. The molecule has 0 aromatic carbocycles. The Bertz CT molecular complexity index is 185. The summed E-state index contributed by atoms with van der Waals surface area (Å²) in [7, 11) is 0. The van der Waals surface area contributed by atoms with E-state index >= 15 is 0 Å². The maximum absolute atomic E-state index is 3.95. The van der Waals surface area contributed by atoms with Gasteiger partial charge >= 0.3 is 0 Å². The second-order valence-corrected chi connectivity index (χ2v) is 2.24. The molecule has 0 radical (unpaired) electrons. The van der Waals surface area contributed by atoms with Crippen molar-refractivity contribution in [1.29, 1.82) is 0 Å². The van der Waals surface area contributed by atoms with Gasteiger partial charge in [-0.25, -0.2) is 0 Å². The van der Waals surface area contributed by atoms with Crippen LogP contribution in [-0.2, 0) is 0 Å². The summed E-state index contributed by atoms with van der Waals surface area (Å²) >= 11 is 0. The van der Waals surface area contributed by atoms with Crippen LogP contribution in [0.5, 0.6) is 0 Å². The van der Waals surface area contributed by atoms with Crippen LogP contribution in [0.2, 0.25) is 0 Å². The third-order valence-electron chi connectivity index (χ3n) is 1.18. The molecule has 0 spiro atoms. The van der Waals surface area contributed by atoms with E-state index in [1.165, 1.54) is 5.57 Å². The molecule has 0 saturated carbocycles. The molecule has 0 atom stereocenters. The predicted octanol–water partition coefficient (Wildman–Crippen LogP) is 3.11. The van der Waals surface area contributed by atoms with Crippen LogP contribution in [0.3, 0.4) is 0 Å². The molecule has 0 N–H and O–H groups in total. The standard InChI is InChI=1S/C10H15N/c1-4-7-10(3)8-6-9-11-5-2/h4-7,9H,1,8H2,2-3H3. The van der Waals surface area contributed by atoms with Crippen molar-refractivity contribution in [3.63, 3.8) is 0 Å². The van der Waals surface area contributed by atoms with Gasteiger partial charge in [0, 0.05) is 12.4 Å². The molecule has 0 aliphatic heterocycles. The molecule has 0 rings (SSSR count). The molecule has 0 fully saturated rings. The average molecular weight is 149 g/mol. The quantitative estimate of drug-likeness (QED) is 0.430. The Labute approximate surface area is 68.9 Å². The molecule has 0 amide bonds.